The van der Waals surface area contributed by atoms with Gasteiger partial charge in [0.2, 0.25) is 15.9 Å². The molecule has 2 N–H and O–H groups in total. The third-order valence-corrected chi connectivity index (χ3v) is 7.54. The standard InChI is InChI=1S/C23H27N5O4S/c1-17-9-11-19(12-10-17)28-21(29)16-24-22(26-28)23(30)25-18-7-6-8-20(15-18)33(31,32)27-13-4-2-3-5-14-27/h6-12,15H,2-5,13-14,16H2,1H3,(H,24,26)(H,25,30). The number of sulfonamides is 1. The molecule has 0 unspecified atom stereocenters. The van der Waals surface area contributed by atoms with E-state index in [1.165, 1.54) is 21.4 Å². The summed E-state index contributed by atoms with van der Waals surface area (Å²) in [5.74, 6) is -0.888. The van der Waals surface area contributed by atoms with Gasteiger partial charge >= 0.3 is 0 Å². The fourth-order valence-corrected chi connectivity index (χ4v) is 5.37. The van der Waals surface area contributed by atoms with Crippen molar-refractivity contribution in [1.29, 1.82) is 0 Å². The molecule has 174 valence electrons. The fraction of sp³-hybridized carbons (Fsp3) is 0.348. The molecule has 0 bridgehead atoms. The van der Waals surface area contributed by atoms with E-state index in [-0.39, 0.29) is 23.2 Å². The van der Waals surface area contributed by atoms with E-state index in [0.717, 1.165) is 31.2 Å². The molecule has 0 radical (unpaired) electrons. The van der Waals surface area contributed by atoms with Crippen molar-refractivity contribution >= 4 is 39.0 Å². The first kappa shape index (κ1) is 22.9. The first-order valence-corrected chi connectivity index (χ1v) is 12.4. The molecular formula is C23H27N5O4S. The number of carbonyl (C=O) groups is 2. The van der Waals surface area contributed by atoms with Crippen LogP contribution in [0.2, 0.25) is 0 Å². The summed E-state index contributed by atoms with van der Waals surface area (Å²) >= 11 is 0. The number of carbonyl (C=O) groups excluding carboxylic acids is 2. The van der Waals surface area contributed by atoms with Gasteiger partial charge in [-0.3, -0.25) is 20.0 Å². The molecule has 1 fully saturated rings. The van der Waals surface area contributed by atoms with Crippen molar-refractivity contribution in [2.45, 2.75) is 37.5 Å². The van der Waals surface area contributed by atoms with Crippen molar-refractivity contribution < 1.29 is 18.0 Å². The molecule has 0 aromatic heterocycles. The molecule has 2 aliphatic heterocycles. The van der Waals surface area contributed by atoms with E-state index in [9.17, 15) is 18.0 Å². The molecule has 1 saturated heterocycles. The van der Waals surface area contributed by atoms with Crippen LogP contribution in [0.4, 0.5) is 11.4 Å². The van der Waals surface area contributed by atoms with Crippen molar-refractivity contribution in [2.75, 3.05) is 30.0 Å². The molecule has 2 heterocycles. The molecule has 0 atom stereocenters. The zero-order valence-electron chi connectivity index (χ0n) is 18.5. The number of nitrogens with one attached hydrogen (secondary N) is 2. The summed E-state index contributed by atoms with van der Waals surface area (Å²) in [6.07, 6.45) is 3.74. The van der Waals surface area contributed by atoms with E-state index >= 15 is 0 Å². The third kappa shape index (κ3) is 5.23. The Bertz CT molecular complexity index is 1170. The Balaban J connectivity index is 1.48. The topological polar surface area (TPSA) is 111 Å². The Hall–Kier alpha value is -3.24. The molecule has 10 heteroatoms. The third-order valence-electron chi connectivity index (χ3n) is 5.64. The second-order valence-corrected chi connectivity index (χ2v) is 10.1. The van der Waals surface area contributed by atoms with Gasteiger partial charge in [-0.2, -0.15) is 4.31 Å². The molecule has 9 nitrogen and oxygen atoms in total. The Morgan fingerprint density at radius 2 is 1.73 bits per heavy atom. The molecule has 0 saturated carbocycles. The van der Waals surface area contributed by atoms with Gasteiger partial charge in [-0.1, -0.05) is 36.6 Å². The number of aliphatic imine (C=N–C) groups is 1. The molecule has 2 aliphatic rings. The van der Waals surface area contributed by atoms with Crippen LogP contribution in [0.5, 0.6) is 0 Å². The highest BCUT2D eigenvalue weighted by Gasteiger charge is 2.27. The normalized spacial score (nSPS) is 17.7. The summed E-state index contributed by atoms with van der Waals surface area (Å²) in [6, 6.07) is 13.5. The number of hydrazine groups is 1. The number of amidine groups is 1. The van der Waals surface area contributed by atoms with Crippen molar-refractivity contribution in [3.63, 3.8) is 0 Å². The SMILES string of the molecule is Cc1ccc(N2NC(C(=O)Nc3cccc(S(=O)(=O)N4CCCCCC4)c3)=NCC2=O)cc1. The second kappa shape index (κ2) is 9.72. The van der Waals surface area contributed by atoms with E-state index < -0.39 is 15.9 Å². The van der Waals surface area contributed by atoms with Crippen LogP contribution in [0.1, 0.15) is 31.2 Å². The molecule has 2 aromatic rings. The maximum Gasteiger partial charge on any atom is 0.292 e. The lowest BCUT2D eigenvalue weighted by Crippen LogP contribution is -2.54. The van der Waals surface area contributed by atoms with Gasteiger partial charge in [0.05, 0.1) is 10.6 Å². The average molecular weight is 470 g/mol. The smallest absolute Gasteiger partial charge is 0.292 e. The maximum atomic E-state index is 13.1. The van der Waals surface area contributed by atoms with Crippen LogP contribution >= 0.6 is 0 Å². The highest BCUT2D eigenvalue weighted by Crippen LogP contribution is 2.23. The zero-order valence-corrected chi connectivity index (χ0v) is 19.3. The van der Waals surface area contributed by atoms with Gasteiger partial charge in [-0.05, 0) is 50.1 Å². The Morgan fingerprint density at radius 1 is 1.03 bits per heavy atom. The Labute approximate surface area is 193 Å². The van der Waals surface area contributed by atoms with E-state index in [0.29, 0.717) is 24.5 Å². The molecule has 2 amide bonds. The van der Waals surface area contributed by atoms with Crippen molar-refractivity contribution in [3.05, 3.63) is 54.1 Å². The maximum absolute atomic E-state index is 13.1. The summed E-state index contributed by atoms with van der Waals surface area (Å²) in [5, 5.41) is 3.96. The monoisotopic (exact) mass is 469 g/mol. The van der Waals surface area contributed by atoms with Crippen LogP contribution in [0.15, 0.2) is 58.4 Å². The lowest BCUT2D eigenvalue weighted by Gasteiger charge is -2.27. The van der Waals surface area contributed by atoms with Crippen molar-refractivity contribution in [3.8, 4) is 0 Å². The summed E-state index contributed by atoms with van der Waals surface area (Å²) < 4.78 is 27.7. The molecule has 33 heavy (non-hydrogen) atoms. The second-order valence-electron chi connectivity index (χ2n) is 8.14. The molecular weight excluding hydrogens is 442 g/mol. The van der Waals surface area contributed by atoms with Crippen LogP contribution < -0.4 is 15.8 Å². The first-order valence-electron chi connectivity index (χ1n) is 11.0. The number of anilines is 2. The van der Waals surface area contributed by atoms with Crippen molar-refractivity contribution in [2.24, 2.45) is 4.99 Å². The predicted octanol–water partition coefficient (Wildman–Crippen LogP) is 2.45. The van der Waals surface area contributed by atoms with Crippen LogP contribution in [-0.2, 0) is 19.6 Å². The summed E-state index contributed by atoms with van der Waals surface area (Å²) in [7, 11) is -3.64. The van der Waals surface area contributed by atoms with E-state index in [1.54, 1.807) is 24.3 Å². The molecule has 0 spiro atoms. The fourth-order valence-electron chi connectivity index (χ4n) is 3.80. The highest BCUT2D eigenvalue weighted by molar-refractivity contribution is 7.89. The Kier molecular flexibility index (Phi) is 6.75. The van der Waals surface area contributed by atoms with Crippen LogP contribution in [-0.4, -0.2) is 50.0 Å². The minimum Gasteiger partial charge on any atom is -0.319 e. The van der Waals surface area contributed by atoms with Crippen LogP contribution in [0.3, 0.4) is 0 Å². The number of rotatable bonds is 5. The highest BCUT2D eigenvalue weighted by atomic mass is 32.2. The number of nitrogens with zero attached hydrogens (tertiary/aromatic N) is 3. The number of hydrogen-bond donors (Lipinski definition) is 2. The van der Waals surface area contributed by atoms with Gasteiger partial charge in [-0.15, -0.1) is 0 Å². The van der Waals surface area contributed by atoms with Crippen LogP contribution in [0, 0.1) is 6.92 Å². The minimum atomic E-state index is -3.64. The van der Waals surface area contributed by atoms with Gasteiger partial charge in [0.15, 0.2) is 0 Å². The Morgan fingerprint density at radius 3 is 2.42 bits per heavy atom. The number of hydrogen-bond acceptors (Lipinski definition) is 6. The van der Waals surface area contributed by atoms with Gasteiger partial charge in [0.1, 0.15) is 6.54 Å². The molecule has 4 rings (SSSR count). The summed E-state index contributed by atoms with van der Waals surface area (Å²) in [6.45, 7) is 2.77. The first-order chi connectivity index (χ1) is 15.8. The number of benzene rings is 2. The molecule has 2 aromatic carbocycles. The number of amides is 2. The van der Waals surface area contributed by atoms with Crippen molar-refractivity contribution in [1.82, 2.24) is 9.73 Å². The van der Waals surface area contributed by atoms with E-state index in [1.807, 2.05) is 19.1 Å². The van der Waals surface area contributed by atoms with Crippen LogP contribution in [0.25, 0.3) is 0 Å². The largest absolute Gasteiger partial charge is 0.319 e. The minimum absolute atomic E-state index is 0.0315. The van der Waals surface area contributed by atoms with Gasteiger partial charge < -0.3 is 5.32 Å². The quantitative estimate of drug-likeness (QED) is 0.699. The summed E-state index contributed by atoms with van der Waals surface area (Å²) in [5.41, 5.74) is 4.73. The van der Waals surface area contributed by atoms with E-state index in [4.69, 9.17) is 0 Å². The lowest BCUT2D eigenvalue weighted by atomic mass is 10.2. The van der Waals surface area contributed by atoms with Gasteiger partial charge in [-0.25, -0.2) is 13.4 Å². The van der Waals surface area contributed by atoms with Gasteiger partial charge in [0, 0.05) is 18.8 Å². The lowest BCUT2D eigenvalue weighted by molar-refractivity contribution is -0.118. The zero-order chi connectivity index (χ0) is 23.4. The number of aryl methyl sites for hydroxylation is 1. The predicted molar refractivity (Wildman–Crippen MR) is 126 cm³/mol. The summed E-state index contributed by atoms with van der Waals surface area (Å²) in [4.78, 5) is 29.3. The molecule has 0 aliphatic carbocycles. The van der Waals surface area contributed by atoms with E-state index in [2.05, 4.69) is 15.7 Å². The van der Waals surface area contributed by atoms with Gasteiger partial charge in [0.25, 0.3) is 11.8 Å². The average Bonchev–Trinajstić information content (AvgIpc) is 3.10.